The molecule has 5 nitrogen and oxygen atoms in total. The molecule has 24 heavy (non-hydrogen) atoms. The monoisotopic (exact) mass is 454 g/mol. The Morgan fingerprint density at radius 3 is 2.46 bits per heavy atom. The van der Waals surface area contributed by atoms with Crippen LogP contribution in [0.1, 0.15) is 59.8 Å². The first-order valence-corrected chi connectivity index (χ1v) is 9.54. The summed E-state index contributed by atoms with van der Waals surface area (Å²) in [6.07, 6.45) is 6.07. The standard InChI is InChI=1S/C18H38N4O.HI/c1-5-7-14-23-15-8-11-20-18(19-6-2)21-12-13-22(16(3)4)17-9-10-17;/h16-17H,5-15H2,1-4H3,(H2,19,20,21);1H. The molecule has 0 bridgehead atoms. The minimum Gasteiger partial charge on any atom is -0.381 e. The number of unbranched alkanes of at least 4 members (excludes halogenated alkanes) is 1. The van der Waals surface area contributed by atoms with Gasteiger partial charge in [0.05, 0.1) is 0 Å². The van der Waals surface area contributed by atoms with Gasteiger partial charge in [0.1, 0.15) is 0 Å². The average molecular weight is 454 g/mol. The molecular formula is C18H39IN4O. The summed E-state index contributed by atoms with van der Waals surface area (Å²) in [5.74, 6) is 0.931. The fourth-order valence-electron chi connectivity index (χ4n) is 2.62. The lowest BCUT2D eigenvalue weighted by Gasteiger charge is -2.26. The SMILES string of the molecule is CCCCOCCCN=C(NCC)NCCN(C(C)C)C1CC1.I. The van der Waals surface area contributed by atoms with Gasteiger partial charge in [-0.3, -0.25) is 9.89 Å². The van der Waals surface area contributed by atoms with E-state index in [0.717, 1.165) is 64.2 Å². The first-order valence-electron chi connectivity index (χ1n) is 9.54. The molecule has 6 heteroatoms. The highest BCUT2D eigenvalue weighted by atomic mass is 127. The first-order chi connectivity index (χ1) is 11.2. The zero-order valence-electron chi connectivity index (χ0n) is 16.1. The molecule has 0 aromatic rings. The van der Waals surface area contributed by atoms with Crippen LogP contribution in [-0.4, -0.2) is 62.3 Å². The summed E-state index contributed by atoms with van der Waals surface area (Å²) >= 11 is 0. The van der Waals surface area contributed by atoms with Crippen molar-refractivity contribution in [3.63, 3.8) is 0 Å². The van der Waals surface area contributed by atoms with Gasteiger partial charge in [-0.25, -0.2) is 0 Å². The summed E-state index contributed by atoms with van der Waals surface area (Å²) in [6, 6.07) is 1.45. The van der Waals surface area contributed by atoms with Crippen molar-refractivity contribution in [2.45, 2.75) is 71.9 Å². The van der Waals surface area contributed by atoms with Gasteiger partial charge in [-0.15, -0.1) is 24.0 Å². The molecule has 1 fully saturated rings. The van der Waals surface area contributed by atoms with Gasteiger partial charge >= 0.3 is 0 Å². The van der Waals surface area contributed by atoms with Gasteiger partial charge in [-0.1, -0.05) is 13.3 Å². The predicted octanol–water partition coefficient (Wildman–Crippen LogP) is 3.24. The van der Waals surface area contributed by atoms with Crippen LogP contribution in [0.5, 0.6) is 0 Å². The summed E-state index contributed by atoms with van der Waals surface area (Å²) in [6.45, 7) is 14.3. The molecule has 0 atom stereocenters. The number of aliphatic imine (C=N–C) groups is 1. The van der Waals surface area contributed by atoms with Crippen LogP contribution in [0.3, 0.4) is 0 Å². The number of nitrogens with one attached hydrogen (secondary N) is 2. The van der Waals surface area contributed by atoms with E-state index < -0.39 is 0 Å². The molecule has 0 amide bonds. The molecule has 1 aliphatic rings. The summed E-state index contributed by atoms with van der Waals surface area (Å²) in [5.41, 5.74) is 0. The number of rotatable bonds is 13. The van der Waals surface area contributed by atoms with E-state index in [1.807, 2.05) is 0 Å². The van der Waals surface area contributed by atoms with Gasteiger partial charge in [0.15, 0.2) is 5.96 Å². The zero-order chi connectivity index (χ0) is 16.9. The number of hydrogen-bond donors (Lipinski definition) is 2. The molecule has 0 spiro atoms. The molecule has 1 rings (SSSR count). The Bertz CT molecular complexity index is 320. The van der Waals surface area contributed by atoms with Gasteiger partial charge in [-0.2, -0.15) is 0 Å². The van der Waals surface area contributed by atoms with Crippen LogP contribution in [0, 0.1) is 0 Å². The van der Waals surface area contributed by atoms with E-state index in [0.29, 0.717) is 6.04 Å². The fourth-order valence-corrected chi connectivity index (χ4v) is 2.62. The Hall–Kier alpha value is -0.0800. The van der Waals surface area contributed by atoms with Crippen molar-refractivity contribution in [3.8, 4) is 0 Å². The smallest absolute Gasteiger partial charge is 0.191 e. The molecule has 0 aromatic carbocycles. The van der Waals surface area contributed by atoms with E-state index in [2.05, 4.69) is 48.2 Å². The second-order valence-electron chi connectivity index (χ2n) is 6.57. The van der Waals surface area contributed by atoms with Crippen molar-refractivity contribution >= 4 is 29.9 Å². The van der Waals surface area contributed by atoms with Gasteiger partial charge in [0.25, 0.3) is 0 Å². The van der Waals surface area contributed by atoms with Gasteiger partial charge < -0.3 is 15.4 Å². The Labute approximate surface area is 166 Å². The third kappa shape index (κ3) is 11.5. The molecule has 0 aliphatic heterocycles. The third-order valence-electron chi connectivity index (χ3n) is 4.04. The van der Waals surface area contributed by atoms with Crippen molar-refractivity contribution in [2.75, 3.05) is 39.4 Å². The van der Waals surface area contributed by atoms with Crippen LogP contribution in [0.25, 0.3) is 0 Å². The van der Waals surface area contributed by atoms with E-state index in [-0.39, 0.29) is 24.0 Å². The topological polar surface area (TPSA) is 48.9 Å². The largest absolute Gasteiger partial charge is 0.381 e. The van der Waals surface area contributed by atoms with Gasteiger partial charge in [0, 0.05) is 51.5 Å². The second kappa shape index (κ2) is 15.2. The molecule has 0 saturated heterocycles. The van der Waals surface area contributed by atoms with Gasteiger partial charge in [-0.05, 0) is 46.5 Å². The van der Waals surface area contributed by atoms with Crippen LogP contribution in [0.2, 0.25) is 0 Å². The Balaban J connectivity index is 0.00000529. The van der Waals surface area contributed by atoms with Crippen LogP contribution in [0.4, 0.5) is 0 Å². The van der Waals surface area contributed by atoms with Crippen LogP contribution < -0.4 is 10.6 Å². The summed E-state index contributed by atoms with van der Waals surface area (Å²) < 4.78 is 5.57. The van der Waals surface area contributed by atoms with Crippen LogP contribution >= 0.6 is 24.0 Å². The lowest BCUT2D eigenvalue weighted by Crippen LogP contribution is -2.44. The third-order valence-corrected chi connectivity index (χ3v) is 4.04. The van der Waals surface area contributed by atoms with Gasteiger partial charge in [0.2, 0.25) is 0 Å². The first kappa shape index (κ1) is 23.9. The van der Waals surface area contributed by atoms with Crippen LogP contribution in [-0.2, 0) is 4.74 Å². The minimum absolute atomic E-state index is 0. The van der Waals surface area contributed by atoms with Crippen molar-refractivity contribution in [3.05, 3.63) is 0 Å². The highest BCUT2D eigenvalue weighted by molar-refractivity contribution is 14.0. The molecule has 1 aliphatic carbocycles. The number of hydrogen-bond acceptors (Lipinski definition) is 3. The van der Waals surface area contributed by atoms with Crippen molar-refractivity contribution in [2.24, 2.45) is 4.99 Å². The van der Waals surface area contributed by atoms with E-state index >= 15 is 0 Å². The molecule has 1 saturated carbocycles. The maximum atomic E-state index is 5.57. The zero-order valence-corrected chi connectivity index (χ0v) is 18.5. The number of guanidine groups is 1. The summed E-state index contributed by atoms with van der Waals surface area (Å²) in [7, 11) is 0. The molecular weight excluding hydrogens is 415 g/mol. The van der Waals surface area contributed by atoms with Crippen molar-refractivity contribution in [1.29, 1.82) is 0 Å². The van der Waals surface area contributed by atoms with Crippen LogP contribution in [0.15, 0.2) is 4.99 Å². The lowest BCUT2D eigenvalue weighted by molar-refractivity contribution is 0.130. The number of ether oxygens (including phenoxy) is 1. The van der Waals surface area contributed by atoms with E-state index in [4.69, 9.17) is 4.74 Å². The quantitative estimate of drug-likeness (QED) is 0.194. The van der Waals surface area contributed by atoms with Crippen molar-refractivity contribution in [1.82, 2.24) is 15.5 Å². The maximum Gasteiger partial charge on any atom is 0.191 e. The summed E-state index contributed by atoms with van der Waals surface area (Å²) in [5, 5.41) is 6.78. The highest BCUT2D eigenvalue weighted by Gasteiger charge is 2.29. The van der Waals surface area contributed by atoms with Crippen molar-refractivity contribution < 1.29 is 4.74 Å². The molecule has 2 N–H and O–H groups in total. The lowest BCUT2D eigenvalue weighted by atomic mass is 10.3. The number of nitrogens with zero attached hydrogens (tertiary/aromatic N) is 2. The normalized spacial score (nSPS) is 14.8. The van der Waals surface area contributed by atoms with E-state index in [1.54, 1.807) is 0 Å². The Kier molecular flexibility index (Phi) is 15.1. The highest BCUT2D eigenvalue weighted by Crippen LogP contribution is 2.27. The predicted molar refractivity (Wildman–Crippen MR) is 115 cm³/mol. The van der Waals surface area contributed by atoms with E-state index in [9.17, 15) is 0 Å². The Morgan fingerprint density at radius 2 is 1.88 bits per heavy atom. The minimum atomic E-state index is 0. The molecule has 144 valence electrons. The Morgan fingerprint density at radius 1 is 1.17 bits per heavy atom. The molecule has 0 unspecified atom stereocenters. The maximum absolute atomic E-state index is 5.57. The summed E-state index contributed by atoms with van der Waals surface area (Å²) in [4.78, 5) is 7.22. The molecule has 0 aromatic heterocycles. The molecule has 0 radical (unpaired) electrons. The number of halogens is 1. The fraction of sp³-hybridized carbons (Fsp3) is 0.944. The average Bonchev–Trinajstić information content (AvgIpc) is 3.34. The second-order valence-corrected chi connectivity index (χ2v) is 6.57. The van der Waals surface area contributed by atoms with E-state index in [1.165, 1.54) is 19.3 Å². The molecule has 0 heterocycles.